The van der Waals surface area contributed by atoms with Gasteiger partial charge in [-0.2, -0.15) is 0 Å². The monoisotopic (exact) mass is 458 g/mol. The number of thiocarbonyl (C=S) groups is 1. The Kier molecular flexibility index (Phi) is 4.92. The lowest BCUT2D eigenvalue weighted by molar-refractivity contribution is -0.122. The predicted molar refractivity (Wildman–Crippen MR) is 116 cm³/mol. The Morgan fingerprint density at radius 1 is 1.04 bits per heavy atom. The Morgan fingerprint density at radius 2 is 1.78 bits per heavy atom. The summed E-state index contributed by atoms with van der Waals surface area (Å²) in [7, 11) is 0. The van der Waals surface area contributed by atoms with Crippen LogP contribution in [-0.4, -0.2) is 27.6 Å². The number of rotatable bonds is 3. The van der Waals surface area contributed by atoms with Crippen molar-refractivity contribution >= 4 is 67.3 Å². The van der Waals surface area contributed by atoms with Crippen LogP contribution in [0, 0.1) is 0 Å². The predicted octanol–water partition coefficient (Wildman–Crippen LogP) is 4.59. The lowest BCUT2D eigenvalue weighted by atomic mass is 10.1. The van der Waals surface area contributed by atoms with Crippen molar-refractivity contribution in [2.24, 2.45) is 0 Å². The first-order valence-electron chi connectivity index (χ1n) is 8.45. The van der Waals surface area contributed by atoms with E-state index in [4.69, 9.17) is 12.2 Å². The van der Waals surface area contributed by atoms with Crippen LogP contribution in [0.1, 0.15) is 18.1 Å². The number of likely N-dealkylation sites (N-methyl/N-ethyl adjacent to an activating group) is 1. The zero-order chi connectivity index (χ0) is 19.1. The molecule has 0 aromatic heterocycles. The summed E-state index contributed by atoms with van der Waals surface area (Å²) >= 11 is 10.1. The van der Waals surface area contributed by atoms with E-state index in [0.717, 1.165) is 21.3 Å². The number of hydrogen-bond acceptors (Lipinski definition) is 4. The second-order valence-electron chi connectivity index (χ2n) is 6.16. The van der Waals surface area contributed by atoms with Crippen molar-refractivity contribution in [2.45, 2.75) is 13.5 Å². The molecule has 2 amide bonds. The van der Waals surface area contributed by atoms with E-state index in [0.29, 0.717) is 27.9 Å². The molecule has 0 N–H and O–H groups in total. The summed E-state index contributed by atoms with van der Waals surface area (Å²) in [5.74, 6) is -0.355. The Bertz CT molecular complexity index is 1000. The number of hydrogen-bond donors (Lipinski definition) is 0. The van der Waals surface area contributed by atoms with Gasteiger partial charge in [-0.3, -0.25) is 14.5 Å². The number of anilines is 1. The number of amides is 2. The van der Waals surface area contributed by atoms with Gasteiger partial charge < -0.3 is 4.90 Å². The van der Waals surface area contributed by atoms with Gasteiger partial charge in [0.05, 0.1) is 22.7 Å². The van der Waals surface area contributed by atoms with E-state index in [-0.39, 0.29) is 11.8 Å². The molecule has 0 atom stereocenters. The minimum atomic E-state index is -0.207. The third-order valence-electron chi connectivity index (χ3n) is 4.55. The fourth-order valence-corrected chi connectivity index (χ4v) is 4.98. The van der Waals surface area contributed by atoms with Gasteiger partial charge in [-0.15, -0.1) is 0 Å². The number of carbonyl (C=O) groups is 2. The summed E-state index contributed by atoms with van der Waals surface area (Å²) in [6, 6.07) is 15.4. The Hall–Kier alpha value is -1.96. The molecule has 0 spiro atoms. The average Bonchev–Trinajstić information content (AvgIpc) is 3.09. The van der Waals surface area contributed by atoms with E-state index in [2.05, 4.69) is 15.9 Å². The first-order chi connectivity index (χ1) is 13.0. The lowest BCUT2D eigenvalue weighted by Crippen LogP contribution is -2.29. The third-order valence-corrected chi connectivity index (χ3v) is 6.50. The SMILES string of the molecule is CCN1C(=O)/C(=C2\SC(=S)N(Cc3ccccc3)C2=O)c2cc(Br)ccc21. The molecule has 2 aliphatic rings. The number of fused-ring (bicyclic) bond motifs is 1. The highest BCUT2D eigenvalue weighted by atomic mass is 79.9. The maximum Gasteiger partial charge on any atom is 0.267 e. The largest absolute Gasteiger partial charge is 0.308 e. The van der Waals surface area contributed by atoms with E-state index in [1.54, 1.807) is 9.80 Å². The van der Waals surface area contributed by atoms with Gasteiger partial charge in [-0.25, -0.2) is 0 Å². The molecule has 4 rings (SSSR count). The first-order valence-corrected chi connectivity index (χ1v) is 10.5. The molecule has 2 aromatic rings. The first kappa shape index (κ1) is 18.4. The molecule has 7 heteroatoms. The number of halogens is 1. The smallest absolute Gasteiger partial charge is 0.267 e. The van der Waals surface area contributed by atoms with Gasteiger partial charge in [-0.05, 0) is 30.7 Å². The van der Waals surface area contributed by atoms with Crippen LogP contribution in [0.3, 0.4) is 0 Å². The van der Waals surface area contributed by atoms with Crippen LogP contribution in [-0.2, 0) is 16.1 Å². The van der Waals surface area contributed by atoms with E-state index in [1.807, 2.05) is 55.5 Å². The molecule has 0 bridgehead atoms. The molecular formula is C20H15BrN2O2S2. The van der Waals surface area contributed by atoms with Crippen LogP contribution in [0.5, 0.6) is 0 Å². The Balaban J connectivity index is 1.77. The molecule has 0 unspecified atom stereocenters. The molecule has 2 aliphatic heterocycles. The van der Waals surface area contributed by atoms with Gasteiger partial charge in [-0.1, -0.05) is 70.2 Å². The van der Waals surface area contributed by atoms with Crippen molar-refractivity contribution in [1.82, 2.24) is 4.90 Å². The third kappa shape index (κ3) is 3.13. The Morgan fingerprint density at radius 3 is 2.48 bits per heavy atom. The minimum absolute atomic E-state index is 0.147. The van der Waals surface area contributed by atoms with Gasteiger partial charge in [0.1, 0.15) is 4.32 Å². The maximum atomic E-state index is 13.1. The average molecular weight is 459 g/mol. The summed E-state index contributed by atoms with van der Waals surface area (Å²) in [6.45, 7) is 2.87. The van der Waals surface area contributed by atoms with Crippen molar-refractivity contribution in [3.05, 3.63) is 69.0 Å². The maximum absolute atomic E-state index is 13.1. The molecule has 2 heterocycles. The molecular weight excluding hydrogens is 444 g/mol. The van der Waals surface area contributed by atoms with Gasteiger partial charge >= 0.3 is 0 Å². The quantitative estimate of drug-likeness (QED) is 0.498. The van der Waals surface area contributed by atoms with Crippen molar-refractivity contribution in [2.75, 3.05) is 11.4 Å². The van der Waals surface area contributed by atoms with E-state index < -0.39 is 0 Å². The van der Waals surface area contributed by atoms with Crippen molar-refractivity contribution in [3.8, 4) is 0 Å². The van der Waals surface area contributed by atoms with Crippen LogP contribution < -0.4 is 4.90 Å². The normalized spacial score (nSPS) is 19.3. The van der Waals surface area contributed by atoms with E-state index >= 15 is 0 Å². The molecule has 1 saturated heterocycles. The van der Waals surface area contributed by atoms with E-state index in [1.165, 1.54) is 11.8 Å². The second kappa shape index (κ2) is 7.22. The number of nitrogens with zero attached hydrogens (tertiary/aromatic N) is 2. The summed E-state index contributed by atoms with van der Waals surface area (Å²) in [6.07, 6.45) is 0. The second-order valence-corrected chi connectivity index (χ2v) is 8.72. The molecule has 2 aromatic carbocycles. The van der Waals surface area contributed by atoms with Gasteiger partial charge in [0.2, 0.25) is 0 Å². The molecule has 0 saturated carbocycles. The number of thioether (sulfide) groups is 1. The fraction of sp³-hybridized carbons (Fsp3) is 0.150. The molecule has 1 fully saturated rings. The lowest BCUT2D eigenvalue weighted by Gasteiger charge is -2.14. The fourth-order valence-electron chi connectivity index (χ4n) is 3.29. The van der Waals surface area contributed by atoms with Crippen LogP contribution in [0.2, 0.25) is 0 Å². The van der Waals surface area contributed by atoms with Crippen LogP contribution in [0.15, 0.2) is 57.9 Å². The Labute approximate surface area is 175 Å². The number of carbonyl (C=O) groups excluding carboxylic acids is 2. The van der Waals surface area contributed by atoms with Gasteiger partial charge in [0, 0.05) is 16.6 Å². The van der Waals surface area contributed by atoms with Crippen LogP contribution >= 0.6 is 39.9 Å². The van der Waals surface area contributed by atoms with Crippen molar-refractivity contribution in [3.63, 3.8) is 0 Å². The van der Waals surface area contributed by atoms with Crippen molar-refractivity contribution in [1.29, 1.82) is 0 Å². The topological polar surface area (TPSA) is 40.6 Å². The molecule has 136 valence electrons. The summed E-state index contributed by atoms with van der Waals surface area (Å²) in [4.78, 5) is 29.8. The standard InChI is InChI=1S/C20H15BrN2O2S2/c1-2-22-15-9-8-13(21)10-14(15)16(18(22)24)17-19(25)23(20(26)27-17)11-12-6-4-3-5-7-12/h3-10H,2,11H2,1H3/b17-16-. The summed E-state index contributed by atoms with van der Waals surface area (Å²) in [5.41, 5.74) is 3.04. The molecule has 27 heavy (non-hydrogen) atoms. The van der Waals surface area contributed by atoms with Crippen molar-refractivity contribution < 1.29 is 9.59 Å². The molecule has 4 nitrogen and oxygen atoms in total. The number of benzene rings is 2. The van der Waals surface area contributed by atoms with Gasteiger partial charge in [0.15, 0.2) is 0 Å². The summed E-state index contributed by atoms with van der Waals surface area (Å²) < 4.78 is 1.34. The summed E-state index contributed by atoms with van der Waals surface area (Å²) in [5, 5.41) is 0. The highest BCUT2D eigenvalue weighted by Crippen LogP contribution is 2.45. The minimum Gasteiger partial charge on any atom is -0.308 e. The zero-order valence-corrected chi connectivity index (χ0v) is 17.7. The zero-order valence-electron chi connectivity index (χ0n) is 14.4. The highest BCUT2D eigenvalue weighted by Gasteiger charge is 2.41. The van der Waals surface area contributed by atoms with Crippen LogP contribution in [0.4, 0.5) is 5.69 Å². The van der Waals surface area contributed by atoms with Gasteiger partial charge in [0.25, 0.3) is 11.8 Å². The molecule has 0 radical (unpaired) electrons. The molecule has 0 aliphatic carbocycles. The van der Waals surface area contributed by atoms with E-state index in [9.17, 15) is 9.59 Å². The highest BCUT2D eigenvalue weighted by molar-refractivity contribution is 9.10. The van der Waals surface area contributed by atoms with Crippen LogP contribution in [0.25, 0.3) is 5.57 Å².